The first kappa shape index (κ1) is 14.5. The lowest BCUT2D eigenvalue weighted by molar-refractivity contribution is 0.583. The molecule has 0 fully saturated rings. The number of hydrogen-bond donors (Lipinski definition) is 1. The van der Waals surface area contributed by atoms with Crippen molar-refractivity contribution in [2.75, 3.05) is 0 Å². The molecule has 0 amide bonds. The molecule has 2 aromatic heterocycles. The van der Waals surface area contributed by atoms with Gasteiger partial charge >= 0.3 is 5.69 Å². The van der Waals surface area contributed by atoms with Crippen LogP contribution >= 0.6 is 0 Å². The lowest BCUT2D eigenvalue weighted by Gasteiger charge is -2.09. The van der Waals surface area contributed by atoms with Crippen molar-refractivity contribution in [1.82, 2.24) is 18.7 Å². The summed E-state index contributed by atoms with van der Waals surface area (Å²) in [4.78, 5) is 29.0. The van der Waals surface area contributed by atoms with Crippen molar-refractivity contribution >= 4 is 11.2 Å². The van der Waals surface area contributed by atoms with Crippen LogP contribution in [-0.4, -0.2) is 18.7 Å². The predicted octanol–water partition coefficient (Wildman–Crippen LogP) is 0.175. The number of hydrogen-bond acceptors (Lipinski definition) is 4. The Morgan fingerprint density at radius 3 is 2.45 bits per heavy atom. The number of fused-ring (bicyclic) bond motifs is 1. The van der Waals surface area contributed by atoms with Crippen LogP contribution in [0.3, 0.4) is 0 Å². The summed E-state index contributed by atoms with van der Waals surface area (Å²) in [5, 5.41) is 0. The van der Waals surface area contributed by atoms with Gasteiger partial charge in [-0.3, -0.25) is 13.9 Å². The van der Waals surface area contributed by atoms with E-state index in [1.807, 2.05) is 6.92 Å². The van der Waals surface area contributed by atoms with Crippen LogP contribution in [0.2, 0.25) is 0 Å². The topological polar surface area (TPSA) is 87.8 Å². The van der Waals surface area contributed by atoms with Crippen molar-refractivity contribution in [3.05, 3.63) is 26.7 Å². The van der Waals surface area contributed by atoms with E-state index in [0.29, 0.717) is 30.1 Å². The maximum Gasteiger partial charge on any atom is 0.332 e. The van der Waals surface area contributed by atoms with Gasteiger partial charge in [0.2, 0.25) is 0 Å². The Balaban J connectivity index is 2.89. The van der Waals surface area contributed by atoms with E-state index >= 15 is 0 Å². The van der Waals surface area contributed by atoms with Crippen LogP contribution in [-0.2, 0) is 26.7 Å². The maximum absolute atomic E-state index is 12.3. The third-order valence-electron chi connectivity index (χ3n) is 3.54. The molecule has 0 spiro atoms. The SMILES string of the molecule is CCCCn1c(=O)n(C)c(=O)c2c1nc(CN)n2CC. The molecule has 20 heavy (non-hydrogen) atoms. The zero-order valence-corrected chi connectivity index (χ0v) is 12.2. The van der Waals surface area contributed by atoms with E-state index in [2.05, 4.69) is 11.9 Å². The fraction of sp³-hybridized carbons (Fsp3) is 0.615. The normalized spacial score (nSPS) is 11.4. The second-order valence-corrected chi connectivity index (χ2v) is 4.80. The van der Waals surface area contributed by atoms with Crippen LogP contribution < -0.4 is 17.0 Å². The van der Waals surface area contributed by atoms with Crippen LogP contribution in [0, 0.1) is 0 Å². The van der Waals surface area contributed by atoms with Gasteiger partial charge in [0.05, 0.1) is 6.54 Å². The molecule has 0 radical (unpaired) electrons. The highest BCUT2D eigenvalue weighted by molar-refractivity contribution is 5.71. The Hall–Kier alpha value is -1.89. The van der Waals surface area contributed by atoms with Gasteiger partial charge in [-0.2, -0.15) is 0 Å². The average Bonchev–Trinajstić information content (AvgIpc) is 2.83. The summed E-state index contributed by atoms with van der Waals surface area (Å²) in [7, 11) is 1.50. The second kappa shape index (κ2) is 5.62. The summed E-state index contributed by atoms with van der Waals surface area (Å²) in [5.74, 6) is 0.635. The molecule has 0 aromatic carbocycles. The molecule has 7 heteroatoms. The molecular formula is C13H21N5O2. The number of aryl methyl sites for hydroxylation is 2. The van der Waals surface area contributed by atoms with E-state index in [9.17, 15) is 9.59 Å². The molecule has 0 unspecified atom stereocenters. The largest absolute Gasteiger partial charge is 0.332 e. The fourth-order valence-electron chi connectivity index (χ4n) is 2.42. The van der Waals surface area contributed by atoms with Crippen molar-refractivity contribution in [3.63, 3.8) is 0 Å². The van der Waals surface area contributed by atoms with E-state index in [1.165, 1.54) is 7.05 Å². The van der Waals surface area contributed by atoms with Crippen molar-refractivity contribution in [2.45, 2.75) is 46.3 Å². The van der Waals surface area contributed by atoms with E-state index in [1.54, 1.807) is 9.13 Å². The molecule has 0 aliphatic carbocycles. The average molecular weight is 279 g/mol. The Labute approximate surface area is 116 Å². The van der Waals surface area contributed by atoms with Crippen LogP contribution in [0.1, 0.15) is 32.5 Å². The van der Waals surface area contributed by atoms with Crippen molar-refractivity contribution in [3.8, 4) is 0 Å². The summed E-state index contributed by atoms with van der Waals surface area (Å²) in [6.45, 7) is 5.39. The van der Waals surface area contributed by atoms with E-state index in [0.717, 1.165) is 17.4 Å². The minimum atomic E-state index is -0.319. The molecule has 2 N–H and O–H groups in total. The fourth-order valence-corrected chi connectivity index (χ4v) is 2.42. The summed E-state index contributed by atoms with van der Waals surface area (Å²) < 4.78 is 4.51. The monoisotopic (exact) mass is 279 g/mol. The number of unbranched alkanes of at least 4 members (excludes halogenated alkanes) is 1. The molecule has 7 nitrogen and oxygen atoms in total. The highest BCUT2D eigenvalue weighted by Crippen LogP contribution is 2.11. The Morgan fingerprint density at radius 1 is 1.20 bits per heavy atom. The summed E-state index contributed by atoms with van der Waals surface area (Å²) in [6.07, 6.45) is 1.83. The number of imidazole rings is 1. The molecule has 0 saturated carbocycles. The Morgan fingerprint density at radius 2 is 1.90 bits per heavy atom. The van der Waals surface area contributed by atoms with Gasteiger partial charge in [0.1, 0.15) is 5.82 Å². The highest BCUT2D eigenvalue weighted by atomic mass is 16.2. The lowest BCUT2D eigenvalue weighted by Crippen LogP contribution is -2.38. The number of nitrogens with zero attached hydrogens (tertiary/aromatic N) is 4. The third-order valence-corrected chi connectivity index (χ3v) is 3.54. The summed E-state index contributed by atoms with van der Waals surface area (Å²) >= 11 is 0. The minimum absolute atomic E-state index is 0.244. The maximum atomic E-state index is 12.3. The van der Waals surface area contributed by atoms with Gasteiger partial charge in [-0.05, 0) is 13.3 Å². The number of nitrogens with two attached hydrogens (primary N) is 1. The molecule has 0 saturated heterocycles. The van der Waals surface area contributed by atoms with Gasteiger partial charge < -0.3 is 10.3 Å². The Bertz CT molecular complexity index is 738. The molecule has 0 aliphatic heterocycles. The highest BCUT2D eigenvalue weighted by Gasteiger charge is 2.18. The van der Waals surface area contributed by atoms with E-state index in [4.69, 9.17) is 5.73 Å². The van der Waals surface area contributed by atoms with Gasteiger partial charge in [-0.1, -0.05) is 13.3 Å². The van der Waals surface area contributed by atoms with E-state index < -0.39 is 0 Å². The molecule has 2 heterocycles. The standard InChI is InChI=1S/C13H21N5O2/c1-4-6-7-18-11-10(12(19)16(3)13(18)20)17(5-2)9(8-14)15-11/h4-8,14H2,1-3H3. The number of aromatic nitrogens is 4. The molecule has 0 aliphatic rings. The van der Waals surface area contributed by atoms with Crippen molar-refractivity contribution < 1.29 is 0 Å². The van der Waals surface area contributed by atoms with Crippen molar-refractivity contribution in [2.24, 2.45) is 12.8 Å². The zero-order valence-electron chi connectivity index (χ0n) is 12.2. The molecule has 0 atom stereocenters. The molecule has 110 valence electrons. The molecule has 2 aromatic rings. The minimum Gasteiger partial charge on any atom is -0.324 e. The van der Waals surface area contributed by atoms with Gasteiger partial charge in [0.15, 0.2) is 11.2 Å². The second-order valence-electron chi connectivity index (χ2n) is 4.80. The Kier molecular flexibility index (Phi) is 4.08. The van der Waals surface area contributed by atoms with Crippen LogP contribution in [0.15, 0.2) is 9.59 Å². The quantitative estimate of drug-likeness (QED) is 0.845. The molecule has 2 rings (SSSR count). The third kappa shape index (κ3) is 2.07. The van der Waals surface area contributed by atoms with E-state index in [-0.39, 0.29) is 17.8 Å². The van der Waals surface area contributed by atoms with Gasteiger partial charge in [0.25, 0.3) is 5.56 Å². The predicted molar refractivity (Wildman–Crippen MR) is 77.7 cm³/mol. The van der Waals surface area contributed by atoms with Gasteiger partial charge in [0, 0.05) is 20.1 Å². The zero-order chi connectivity index (χ0) is 14.9. The molecular weight excluding hydrogens is 258 g/mol. The van der Waals surface area contributed by atoms with Crippen LogP contribution in [0.5, 0.6) is 0 Å². The first-order chi connectivity index (χ1) is 9.56. The van der Waals surface area contributed by atoms with Crippen molar-refractivity contribution in [1.29, 1.82) is 0 Å². The van der Waals surface area contributed by atoms with Crippen LogP contribution in [0.25, 0.3) is 11.2 Å². The summed E-state index contributed by atoms with van der Waals surface area (Å²) in [5.41, 5.74) is 5.97. The number of rotatable bonds is 5. The van der Waals surface area contributed by atoms with Crippen LogP contribution in [0.4, 0.5) is 0 Å². The smallest absolute Gasteiger partial charge is 0.324 e. The first-order valence-corrected chi connectivity index (χ1v) is 6.95. The first-order valence-electron chi connectivity index (χ1n) is 6.95. The summed E-state index contributed by atoms with van der Waals surface area (Å²) in [6, 6.07) is 0. The lowest BCUT2D eigenvalue weighted by atomic mass is 10.3. The van der Waals surface area contributed by atoms with Gasteiger partial charge in [-0.15, -0.1) is 0 Å². The molecule has 0 bridgehead atoms. The van der Waals surface area contributed by atoms with Gasteiger partial charge in [-0.25, -0.2) is 9.78 Å².